The second-order valence-corrected chi connectivity index (χ2v) is 8.92. The van der Waals surface area contributed by atoms with Gasteiger partial charge in [0.25, 0.3) is 10.1 Å². The number of likely N-dealkylation sites (tertiary alicyclic amines) is 1. The number of hydrogen-bond donors (Lipinski definition) is 3. The van der Waals surface area contributed by atoms with E-state index in [1.807, 2.05) is 13.1 Å². The normalized spacial score (nSPS) is 38.4. The lowest BCUT2D eigenvalue weighted by Gasteiger charge is -2.56. The van der Waals surface area contributed by atoms with Gasteiger partial charge in [0.2, 0.25) is 0 Å². The van der Waals surface area contributed by atoms with Gasteiger partial charge in [-0.2, -0.15) is 8.42 Å². The van der Waals surface area contributed by atoms with Gasteiger partial charge in [-0.05, 0) is 32.0 Å². The first kappa shape index (κ1) is 15.6. The van der Waals surface area contributed by atoms with E-state index in [4.69, 9.17) is 4.74 Å². The summed E-state index contributed by atoms with van der Waals surface area (Å²) in [5.74, 6) is 0.00563. The molecule has 2 aliphatic carbocycles. The molecule has 5 rings (SSSR count). The number of phenols is 1. The van der Waals surface area contributed by atoms with E-state index in [1.165, 1.54) is 0 Å². The van der Waals surface area contributed by atoms with Crippen molar-refractivity contribution in [2.75, 3.05) is 13.6 Å². The maximum atomic E-state index is 11.9. The van der Waals surface area contributed by atoms with Gasteiger partial charge >= 0.3 is 0 Å². The highest BCUT2D eigenvalue weighted by molar-refractivity contribution is 7.85. The molecule has 7 nitrogen and oxygen atoms in total. The second kappa shape index (κ2) is 4.56. The van der Waals surface area contributed by atoms with Crippen LogP contribution in [0.1, 0.15) is 17.5 Å². The van der Waals surface area contributed by atoms with Crippen LogP contribution < -0.4 is 4.74 Å². The molecule has 2 heterocycles. The monoisotopic (exact) mass is 365 g/mol. The molecule has 1 aromatic rings. The third-order valence-electron chi connectivity index (χ3n) is 6.52. The summed E-state index contributed by atoms with van der Waals surface area (Å²) in [6, 6.07) is 1.11. The lowest BCUT2D eigenvalue weighted by molar-refractivity contribution is -0.0455. The molecule has 1 aromatic carbocycles. The Bertz CT molecular complexity index is 926. The summed E-state index contributed by atoms with van der Waals surface area (Å²) >= 11 is 0. The van der Waals surface area contributed by atoms with Crippen LogP contribution in [0, 0.1) is 5.92 Å². The smallest absolute Gasteiger partial charge is 0.294 e. The molecular weight excluding hydrogens is 346 g/mol. The van der Waals surface area contributed by atoms with Crippen LogP contribution >= 0.6 is 0 Å². The second-order valence-electron chi connectivity index (χ2n) is 7.53. The third-order valence-corrected chi connectivity index (χ3v) is 7.44. The molecule has 25 heavy (non-hydrogen) atoms. The van der Waals surface area contributed by atoms with Gasteiger partial charge in [-0.1, -0.05) is 12.2 Å². The lowest BCUT2D eigenvalue weighted by Crippen LogP contribution is -2.64. The number of piperidine rings is 1. The van der Waals surface area contributed by atoms with E-state index in [2.05, 4.69) is 4.90 Å². The minimum Gasteiger partial charge on any atom is -0.504 e. The molecule has 2 bridgehead atoms. The lowest BCUT2D eigenvalue weighted by atomic mass is 9.53. The summed E-state index contributed by atoms with van der Waals surface area (Å²) in [7, 11) is -2.48. The van der Waals surface area contributed by atoms with E-state index < -0.39 is 27.7 Å². The van der Waals surface area contributed by atoms with Crippen LogP contribution in [-0.4, -0.2) is 59.9 Å². The maximum Gasteiger partial charge on any atom is 0.294 e. The van der Waals surface area contributed by atoms with Crippen molar-refractivity contribution in [2.45, 2.75) is 41.4 Å². The van der Waals surface area contributed by atoms with Crippen molar-refractivity contribution in [2.24, 2.45) is 5.92 Å². The van der Waals surface area contributed by atoms with Crippen molar-refractivity contribution < 1.29 is 27.9 Å². The number of aromatic hydroxyl groups is 1. The molecule has 3 N–H and O–H groups in total. The van der Waals surface area contributed by atoms with Crippen molar-refractivity contribution in [1.29, 1.82) is 0 Å². The molecule has 1 fully saturated rings. The van der Waals surface area contributed by atoms with E-state index in [9.17, 15) is 23.2 Å². The zero-order valence-corrected chi connectivity index (χ0v) is 14.4. The highest BCUT2D eigenvalue weighted by Gasteiger charge is 2.64. The summed E-state index contributed by atoms with van der Waals surface area (Å²) in [5.41, 5.74) is 0.586. The predicted octanol–water partition coefficient (Wildman–Crippen LogP) is 0.445. The first-order valence-corrected chi connectivity index (χ1v) is 9.79. The molecule has 134 valence electrons. The molecule has 1 spiro atoms. The van der Waals surface area contributed by atoms with Crippen LogP contribution in [0.2, 0.25) is 0 Å². The number of benzene rings is 1. The number of hydrogen-bond acceptors (Lipinski definition) is 6. The van der Waals surface area contributed by atoms with Crippen molar-refractivity contribution in [3.63, 3.8) is 0 Å². The number of aliphatic hydroxyl groups is 1. The Hall–Kier alpha value is -1.61. The predicted molar refractivity (Wildman–Crippen MR) is 87.4 cm³/mol. The van der Waals surface area contributed by atoms with Gasteiger partial charge in [-0.3, -0.25) is 4.55 Å². The van der Waals surface area contributed by atoms with Crippen molar-refractivity contribution in [3.8, 4) is 11.5 Å². The Morgan fingerprint density at radius 3 is 2.84 bits per heavy atom. The minimum absolute atomic E-state index is 0.0482. The van der Waals surface area contributed by atoms with Gasteiger partial charge in [-0.25, -0.2) is 0 Å². The van der Waals surface area contributed by atoms with Gasteiger partial charge in [0.15, 0.2) is 11.5 Å². The van der Waals surface area contributed by atoms with Gasteiger partial charge in [-0.15, -0.1) is 0 Å². The number of rotatable bonds is 1. The average Bonchev–Trinajstić information content (AvgIpc) is 2.89. The van der Waals surface area contributed by atoms with Crippen molar-refractivity contribution in [1.82, 2.24) is 4.90 Å². The van der Waals surface area contributed by atoms with E-state index >= 15 is 0 Å². The summed E-state index contributed by atoms with van der Waals surface area (Å²) in [6.45, 7) is 0.789. The molecule has 0 aromatic heterocycles. The van der Waals surface area contributed by atoms with Crippen LogP contribution in [-0.2, 0) is 22.0 Å². The number of aliphatic hydroxyl groups excluding tert-OH is 1. The molecule has 1 saturated heterocycles. The van der Waals surface area contributed by atoms with Gasteiger partial charge in [0, 0.05) is 29.0 Å². The molecule has 0 radical (unpaired) electrons. The van der Waals surface area contributed by atoms with Crippen molar-refractivity contribution in [3.05, 3.63) is 29.3 Å². The van der Waals surface area contributed by atoms with E-state index in [-0.39, 0.29) is 28.4 Å². The summed E-state index contributed by atoms with van der Waals surface area (Å²) in [4.78, 5) is 1.94. The van der Waals surface area contributed by atoms with Gasteiger partial charge in [0.05, 0.1) is 0 Å². The number of likely N-dealkylation sites (N-methyl/N-ethyl adjacent to an activating group) is 1. The van der Waals surface area contributed by atoms with Crippen LogP contribution in [0.3, 0.4) is 0 Å². The summed E-state index contributed by atoms with van der Waals surface area (Å²) in [6.07, 6.45) is 3.47. The Kier molecular flexibility index (Phi) is 2.85. The third kappa shape index (κ3) is 1.73. The Morgan fingerprint density at radius 1 is 1.36 bits per heavy atom. The zero-order chi connectivity index (χ0) is 17.7. The van der Waals surface area contributed by atoms with Crippen molar-refractivity contribution >= 4 is 10.1 Å². The molecule has 2 aliphatic heterocycles. The van der Waals surface area contributed by atoms with E-state index in [0.29, 0.717) is 24.0 Å². The SMILES string of the molecule is CN1CC[C@]23c4c5c(S(=O)(=O)O)cc(O)c4O[C@H]2[C@@H](O)C=C[C@H]3[C@H]1C5. The molecule has 0 unspecified atom stereocenters. The molecule has 0 amide bonds. The molecule has 5 atom stereocenters. The Labute approximate surface area is 145 Å². The van der Waals surface area contributed by atoms with Crippen LogP contribution in [0.15, 0.2) is 23.1 Å². The van der Waals surface area contributed by atoms with Crippen LogP contribution in [0.5, 0.6) is 11.5 Å². The number of ether oxygens (including phenoxy) is 1. The summed E-state index contributed by atoms with van der Waals surface area (Å²) < 4.78 is 39.5. The minimum atomic E-state index is -4.48. The van der Waals surface area contributed by atoms with Gasteiger partial charge in [0.1, 0.15) is 17.1 Å². The standard InChI is InChI=1S/C17H19NO6S/c1-18-5-4-17-9-2-3-11(19)16(17)24-15-12(20)7-13(25(21,22)23)8(14(15)17)6-10(9)18/h2-3,7,9-11,16,19-20H,4-6H2,1H3,(H,21,22,23)/t9-,10+,11-,16-,17-/m0/s1. The number of nitrogens with zero attached hydrogens (tertiary/aromatic N) is 1. The first-order valence-electron chi connectivity index (χ1n) is 8.35. The fourth-order valence-corrected chi connectivity index (χ4v) is 6.28. The highest BCUT2D eigenvalue weighted by Crippen LogP contribution is 2.63. The van der Waals surface area contributed by atoms with Crippen LogP contribution in [0.25, 0.3) is 0 Å². The molecule has 0 saturated carbocycles. The highest BCUT2D eigenvalue weighted by atomic mass is 32.2. The Morgan fingerprint density at radius 2 is 2.12 bits per heavy atom. The quantitative estimate of drug-likeness (QED) is 0.490. The largest absolute Gasteiger partial charge is 0.504 e. The maximum absolute atomic E-state index is 11.9. The fourth-order valence-electron chi connectivity index (χ4n) is 5.52. The average molecular weight is 365 g/mol. The molecule has 8 heteroatoms. The topological polar surface area (TPSA) is 107 Å². The first-order chi connectivity index (χ1) is 11.7. The summed E-state index contributed by atoms with van der Waals surface area (Å²) in [5, 5.41) is 20.9. The van der Waals surface area contributed by atoms with Crippen LogP contribution in [0.4, 0.5) is 0 Å². The molecule has 4 aliphatic rings. The zero-order valence-electron chi connectivity index (χ0n) is 13.6. The Balaban J connectivity index is 1.89. The van der Waals surface area contributed by atoms with E-state index in [1.54, 1.807) is 6.08 Å². The van der Waals surface area contributed by atoms with E-state index in [0.717, 1.165) is 12.6 Å². The number of phenolic OH excluding ortho intramolecular Hbond substituents is 1. The van der Waals surface area contributed by atoms with Gasteiger partial charge < -0.3 is 19.8 Å². The molecular formula is C17H19NO6S. The fraction of sp³-hybridized carbons (Fsp3) is 0.529.